The molecular formula is C13H18N4O2S. The van der Waals surface area contributed by atoms with Crippen molar-refractivity contribution in [1.29, 1.82) is 0 Å². The van der Waals surface area contributed by atoms with Gasteiger partial charge in [0.2, 0.25) is 10.0 Å². The largest absolute Gasteiger partial charge is 0.345 e. The van der Waals surface area contributed by atoms with E-state index in [1.54, 1.807) is 22.6 Å². The second-order valence-corrected chi connectivity index (χ2v) is 6.91. The van der Waals surface area contributed by atoms with Crippen LogP contribution in [0.25, 0.3) is 11.0 Å². The summed E-state index contributed by atoms with van der Waals surface area (Å²) in [5, 5.41) is 0.633. The normalized spacial score (nSPS) is 21.4. The summed E-state index contributed by atoms with van der Waals surface area (Å²) in [6.07, 6.45) is 5.91. The fourth-order valence-electron chi connectivity index (χ4n) is 2.80. The van der Waals surface area contributed by atoms with Gasteiger partial charge in [-0.1, -0.05) is 6.42 Å². The third-order valence-corrected chi connectivity index (χ3v) is 5.84. The summed E-state index contributed by atoms with van der Waals surface area (Å²) < 4.78 is 27.3. The topological polar surface area (TPSA) is 92.1 Å². The fourth-order valence-corrected chi connectivity index (χ4v) is 4.65. The number of fused-ring (bicyclic) bond motifs is 1. The van der Waals surface area contributed by atoms with E-state index in [9.17, 15) is 8.42 Å². The van der Waals surface area contributed by atoms with Crippen LogP contribution in [0.3, 0.4) is 0 Å². The van der Waals surface area contributed by atoms with Gasteiger partial charge in [0, 0.05) is 36.9 Å². The average molecular weight is 294 g/mol. The van der Waals surface area contributed by atoms with E-state index in [2.05, 4.69) is 9.97 Å². The number of hydrogen-bond donors (Lipinski definition) is 2. The lowest BCUT2D eigenvalue weighted by atomic mass is 10.1. The van der Waals surface area contributed by atoms with Crippen LogP contribution in [-0.2, 0) is 10.0 Å². The summed E-state index contributed by atoms with van der Waals surface area (Å²) in [6, 6.07) is 3.41. The number of piperidine rings is 1. The molecule has 3 rings (SSSR count). The minimum absolute atomic E-state index is 0.102. The molecule has 1 atom stereocenters. The molecular weight excluding hydrogens is 276 g/mol. The molecule has 3 heterocycles. The molecule has 0 aliphatic carbocycles. The van der Waals surface area contributed by atoms with E-state index in [0.717, 1.165) is 19.3 Å². The number of pyridine rings is 1. The van der Waals surface area contributed by atoms with E-state index in [4.69, 9.17) is 5.73 Å². The van der Waals surface area contributed by atoms with Crippen molar-refractivity contribution in [3.63, 3.8) is 0 Å². The molecule has 1 saturated heterocycles. The molecule has 20 heavy (non-hydrogen) atoms. The van der Waals surface area contributed by atoms with E-state index in [1.807, 2.05) is 0 Å². The number of aromatic nitrogens is 2. The SMILES string of the molecule is NCC1CCCCN1S(=O)(=O)c1c[nH]c2ncccc12. The van der Waals surface area contributed by atoms with Gasteiger partial charge in [0.25, 0.3) is 0 Å². The Morgan fingerprint density at radius 3 is 3.10 bits per heavy atom. The van der Waals surface area contributed by atoms with E-state index in [0.29, 0.717) is 29.0 Å². The third-order valence-electron chi connectivity index (χ3n) is 3.84. The second-order valence-electron chi connectivity index (χ2n) is 5.05. The van der Waals surface area contributed by atoms with Crippen molar-refractivity contribution in [2.75, 3.05) is 13.1 Å². The molecule has 0 bridgehead atoms. The smallest absolute Gasteiger partial charge is 0.245 e. The van der Waals surface area contributed by atoms with Gasteiger partial charge in [-0.2, -0.15) is 4.31 Å². The zero-order valence-electron chi connectivity index (χ0n) is 11.1. The Morgan fingerprint density at radius 2 is 2.30 bits per heavy atom. The summed E-state index contributed by atoms with van der Waals surface area (Å²) in [5.41, 5.74) is 6.32. The Balaban J connectivity index is 2.07. The molecule has 0 aromatic carbocycles. The number of aromatic amines is 1. The molecule has 1 unspecified atom stereocenters. The standard InChI is InChI=1S/C13H18N4O2S/c14-8-10-4-1-2-7-17(10)20(18,19)12-9-16-13-11(12)5-3-6-15-13/h3,5-6,9-10H,1-2,4,7-8,14H2,(H,15,16). The maximum absolute atomic E-state index is 12.9. The van der Waals surface area contributed by atoms with Crippen molar-refractivity contribution in [3.05, 3.63) is 24.5 Å². The average Bonchev–Trinajstić information content (AvgIpc) is 2.92. The molecule has 108 valence electrons. The number of nitrogens with zero attached hydrogens (tertiary/aromatic N) is 2. The lowest BCUT2D eigenvalue weighted by Crippen LogP contribution is -2.47. The zero-order valence-corrected chi connectivity index (χ0v) is 11.9. The van der Waals surface area contributed by atoms with Gasteiger partial charge >= 0.3 is 0 Å². The highest BCUT2D eigenvalue weighted by molar-refractivity contribution is 7.89. The molecule has 1 aliphatic heterocycles. The summed E-state index contributed by atoms with van der Waals surface area (Å²) >= 11 is 0. The van der Waals surface area contributed by atoms with E-state index < -0.39 is 10.0 Å². The van der Waals surface area contributed by atoms with Gasteiger partial charge in [0.15, 0.2) is 0 Å². The number of H-pyrrole nitrogens is 1. The van der Waals surface area contributed by atoms with Crippen LogP contribution >= 0.6 is 0 Å². The Morgan fingerprint density at radius 1 is 1.45 bits per heavy atom. The summed E-state index contributed by atoms with van der Waals surface area (Å²) in [5.74, 6) is 0. The van der Waals surface area contributed by atoms with Crippen LogP contribution in [0.4, 0.5) is 0 Å². The van der Waals surface area contributed by atoms with Crippen molar-refractivity contribution in [2.24, 2.45) is 5.73 Å². The van der Waals surface area contributed by atoms with Gasteiger partial charge in [0.1, 0.15) is 10.5 Å². The highest BCUT2D eigenvalue weighted by Crippen LogP contribution is 2.28. The predicted molar refractivity (Wildman–Crippen MR) is 76.7 cm³/mol. The molecule has 0 saturated carbocycles. The number of sulfonamides is 1. The van der Waals surface area contributed by atoms with Crippen molar-refractivity contribution in [3.8, 4) is 0 Å². The van der Waals surface area contributed by atoms with E-state index in [-0.39, 0.29) is 6.04 Å². The quantitative estimate of drug-likeness (QED) is 0.885. The van der Waals surface area contributed by atoms with E-state index >= 15 is 0 Å². The van der Waals surface area contributed by atoms with Crippen LogP contribution in [-0.4, -0.2) is 41.8 Å². The molecule has 0 spiro atoms. The summed E-state index contributed by atoms with van der Waals surface area (Å²) in [7, 11) is -3.52. The fraction of sp³-hybridized carbons (Fsp3) is 0.462. The monoisotopic (exact) mass is 294 g/mol. The molecule has 3 N–H and O–H groups in total. The first-order chi connectivity index (χ1) is 9.64. The lowest BCUT2D eigenvalue weighted by molar-refractivity contribution is 0.258. The maximum Gasteiger partial charge on any atom is 0.245 e. The van der Waals surface area contributed by atoms with Gasteiger partial charge in [0.05, 0.1) is 0 Å². The van der Waals surface area contributed by atoms with Crippen LogP contribution < -0.4 is 5.73 Å². The number of nitrogens with one attached hydrogen (secondary N) is 1. The second kappa shape index (κ2) is 5.16. The molecule has 6 nitrogen and oxygen atoms in total. The van der Waals surface area contributed by atoms with Crippen molar-refractivity contribution in [1.82, 2.24) is 14.3 Å². The van der Waals surface area contributed by atoms with Crippen LogP contribution in [0.15, 0.2) is 29.4 Å². The van der Waals surface area contributed by atoms with Crippen molar-refractivity contribution < 1.29 is 8.42 Å². The highest BCUT2D eigenvalue weighted by atomic mass is 32.2. The lowest BCUT2D eigenvalue weighted by Gasteiger charge is -2.33. The third kappa shape index (κ3) is 2.11. The molecule has 0 radical (unpaired) electrons. The number of hydrogen-bond acceptors (Lipinski definition) is 4. The summed E-state index contributed by atoms with van der Waals surface area (Å²) in [4.78, 5) is 7.35. The molecule has 0 amide bonds. The Hall–Kier alpha value is -1.44. The molecule has 2 aromatic heterocycles. The Bertz CT molecular complexity index is 710. The van der Waals surface area contributed by atoms with Gasteiger partial charge in [-0.25, -0.2) is 13.4 Å². The number of nitrogens with two attached hydrogens (primary N) is 1. The first-order valence-electron chi connectivity index (χ1n) is 6.78. The Labute approximate surface area is 118 Å². The molecule has 7 heteroatoms. The maximum atomic E-state index is 12.9. The van der Waals surface area contributed by atoms with Crippen LogP contribution in [0.1, 0.15) is 19.3 Å². The Kier molecular flexibility index (Phi) is 3.49. The van der Waals surface area contributed by atoms with Crippen LogP contribution in [0.5, 0.6) is 0 Å². The van der Waals surface area contributed by atoms with E-state index in [1.165, 1.54) is 6.20 Å². The van der Waals surface area contributed by atoms with Crippen LogP contribution in [0, 0.1) is 0 Å². The van der Waals surface area contributed by atoms with Gasteiger partial charge in [-0.15, -0.1) is 0 Å². The molecule has 1 aliphatic rings. The minimum atomic E-state index is -3.52. The highest BCUT2D eigenvalue weighted by Gasteiger charge is 2.34. The first-order valence-corrected chi connectivity index (χ1v) is 8.22. The summed E-state index contributed by atoms with van der Waals surface area (Å²) in [6.45, 7) is 0.900. The molecule has 1 fully saturated rings. The van der Waals surface area contributed by atoms with Gasteiger partial charge in [-0.05, 0) is 25.0 Å². The zero-order chi connectivity index (χ0) is 14.2. The number of rotatable bonds is 3. The minimum Gasteiger partial charge on any atom is -0.345 e. The van der Waals surface area contributed by atoms with Crippen LogP contribution in [0.2, 0.25) is 0 Å². The molecule has 2 aromatic rings. The van der Waals surface area contributed by atoms with Gasteiger partial charge < -0.3 is 10.7 Å². The van der Waals surface area contributed by atoms with Crippen molar-refractivity contribution >= 4 is 21.1 Å². The van der Waals surface area contributed by atoms with Gasteiger partial charge in [-0.3, -0.25) is 0 Å². The first kappa shape index (κ1) is 13.5. The van der Waals surface area contributed by atoms with Crippen molar-refractivity contribution in [2.45, 2.75) is 30.2 Å². The predicted octanol–water partition coefficient (Wildman–Crippen LogP) is 1.06.